The molecule has 0 saturated heterocycles. The van der Waals surface area contributed by atoms with Crippen LogP contribution in [0.15, 0.2) is 0 Å². The molecular weight excluding hydrogens is 184 g/mol. The van der Waals surface area contributed by atoms with Crippen LogP contribution in [0.1, 0.15) is 19.3 Å². The van der Waals surface area contributed by atoms with E-state index < -0.39 is 5.97 Å². The number of hydrogen-bond acceptors (Lipinski definition) is 3. The van der Waals surface area contributed by atoms with Crippen molar-refractivity contribution in [2.45, 2.75) is 25.3 Å². The maximum Gasteiger partial charge on any atom is 0.308 e. The largest absolute Gasteiger partial charge is 0.481 e. The summed E-state index contributed by atoms with van der Waals surface area (Å²) >= 11 is 0. The second-order valence-corrected chi connectivity index (χ2v) is 3.51. The molecular formula is C9H16N2O3. The van der Waals surface area contributed by atoms with E-state index in [0.29, 0.717) is 13.0 Å². The first kappa shape index (κ1) is 11.0. The molecule has 0 aromatic carbocycles. The zero-order chi connectivity index (χ0) is 10.6. The van der Waals surface area contributed by atoms with Gasteiger partial charge in [-0.3, -0.25) is 9.59 Å². The van der Waals surface area contributed by atoms with Gasteiger partial charge in [0.05, 0.1) is 5.92 Å². The van der Waals surface area contributed by atoms with Crippen molar-refractivity contribution in [1.29, 1.82) is 0 Å². The Morgan fingerprint density at radius 2 is 2.14 bits per heavy atom. The zero-order valence-corrected chi connectivity index (χ0v) is 8.25. The van der Waals surface area contributed by atoms with Gasteiger partial charge in [0, 0.05) is 26.1 Å². The molecule has 2 atom stereocenters. The van der Waals surface area contributed by atoms with Gasteiger partial charge in [0.25, 0.3) is 0 Å². The standard InChI is InChI=1S/C9H16N2O3/c1-10-8(12)4-5-11-7-3-2-6(7)9(13)14/h6-7,11H,2-5H2,1H3,(H,10,12)(H,13,14). The highest BCUT2D eigenvalue weighted by Gasteiger charge is 2.35. The molecule has 0 heterocycles. The first-order chi connectivity index (χ1) is 6.65. The number of carbonyl (C=O) groups excluding carboxylic acids is 1. The summed E-state index contributed by atoms with van der Waals surface area (Å²) in [7, 11) is 1.59. The Morgan fingerprint density at radius 1 is 1.43 bits per heavy atom. The lowest BCUT2D eigenvalue weighted by Crippen LogP contribution is -2.48. The molecule has 5 nitrogen and oxygen atoms in total. The van der Waals surface area contributed by atoms with E-state index in [9.17, 15) is 9.59 Å². The number of aliphatic carboxylic acids is 1. The molecule has 5 heteroatoms. The van der Waals surface area contributed by atoms with Gasteiger partial charge in [-0.25, -0.2) is 0 Å². The van der Waals surface area contributed by atoms with E-state index in [0.717, 1.165) is 12.8 Å². The van der Waals surface area contributed by atoms with Crippen LogP contribution < -0.4 is 10.6 Å². The Morgan fingerprint density at radius 3 is 2.57 bits per heavy atom. The van der Waals surface area contributed by atoms with Crippen molar-refractivity contribution in [3.8, 4) is 0 Å². The lowest BCUT2D eigenvalue weighted by atomic mass is 9.79. The van der Waals surface area contributed by atoms with E-state index in [1.807, 2.05) is 0 Å². The summed E-state index contributed by atoms with van der Waals surface area (Å²) in [6.07, 6.45) is 2.04. The van der Waals surface area contributed by atoms with Gasteiger partial charge in [-0.2, -0.15) is 0 Å². The quantitative estimate of drug-likeness (QED) is 0.563. The highest BCUT2D eigenvalue weighted by Crippen LogP contribution is 2.27. The van der Waals surface area contributed by atoms with Gasteiger partial charge in [0.2, 0.25) is 5.91 Å². The number of carbonyl (C=O) groups is 2. The predicted octanol–water partition coefficient (Wildman–Crippen LogP) is -0.425. The first-order valence-electron chi connectivity index (χ1n) is 4.82. The molecule has 1 amide bonds. The van der Waals surface area contributed by atoms with E-state index in [2.05, 4.69) is 10.6 Å². The SMILES string of the molecule is CNC(=O)CCNC1CCC1C(=O)O. The fourth-order valence-corrected chi connectivity index (χ4v) is 1.54. The summed E-state index contributed by atoms with van der Waals surface area (Å²) in [6.45, 7) is 0.550. The molecule has 0 aliphatic heterocycles. The monoisotopic (exact) mass is 200 g/mol. The van der Waals surface area contributed by atoms with E-state index in [1.54, 1.807) is 7.05 Å². The summed E-state index contributed by atoms with van der Waals surface area (Å²) < 4.78 is 0. The maximum absolute atomic E-state index is 10.8. The molecule has 2 unspecified atom stereocenters. The normalized spacial score (nSPS) is 25.2. The summed E-state index contributed by atoms with van der Waals surface area (Å²) in [4.78, 5) is 21.5. The van der Waals surface area contributed by atoms with Gasteiger partial charge < -0.3 is 15.7 Å². The van der Waals surface area contributed by atoms with E-state index in [1.165, 1.54) is 0 Å². The fourth-order valence-electron chi connectivity index (χ4n) is 1.54. The van der Waals surface area contributed by atoms with Crippen molar-refractivity contribution in [3.05, 3.63) is 0 Å². The van der Waals surface area contributed by atoms with Crippen molar-refractivity contribution < 1.29 is 14.7 Å². The van der Waals surface area contributed by atoms with Crippen LogP contribution in [0.5, 0.6) is 0 Å². The minimum atomic E-state index is -0.742. The van der Waals surface area contributed by atoms with Crippen molar-refractivity contribution in [3.63, 3.8) is 0 Å². The Hall–Kier alpha value is -1.10. The number of hydrogen-bond donors (Lipinski definition) is 3. The molecule has 1 fully saturated rings. The van der Waals surface area contributed by atoms with Crippen LogP contribution >= 0.6 is 0 Å². The molecule has 0 bridgehead atoms. The molecule has 0 aromatic heterocycles. The second kappa shape index (κ2) is 4.95. The molecule has 80 valence electrons. The Labute approximate surface area is 82.9 Å². The lowest BCUT2D eigenvalue weighted by molar-refractivity contribution is -0.146. The zero-order valence-electron chi connectivity index (χ0n) is 8.25. The predicted molar refractivity (Wildman–Crippen MR) is 50.8 cm³/mol. The number of rotatable bonds is 5. The van der Waals surface area contributed by atoms with Gasteiger partial charge in [0.15, 0.2) is 0 Å². The number of amides is 1. The third kappa shape index (κ3) is 2.70. The van der Waals surface area contributed by atoms with Crippen LogP contribution in [0.2, 0.25) is 0 Å². The van der Waals surface area contributed by atoms with Gasteiger partial charge in [0.1, 0.15) is 0 Å². The molecule has 14 heavy (non-hydrogen) atoms. The summed E-state index contributed by atoms with van der Waals surface area (Å²) in [5.74, 6) is -1.03. The Kier molecular flexibility index (Phi) is 3.88. The van der Waals surface area contributed by atoms with Gasteiger partial charge in [-0.1, -0.05) is 0 Å². The van der Waals surface area contributed by atoms with Crippen LogP contribution in [-0.4, -0.2) is 36.6 Å². The minimum Gasteiger partial charge on any atom is -0.481 e. The van der Waals surface area contributed by atoms with E-state index in [4.69, 9.17) is 5.11 Å². The molecule has 1 rings (SSSR count). The molecule has 1 saturated carbocycles. The second-order valence-electron chi connectivity index (χ2n) is 3.51. The van der Waals surface area contributed by atoms with Crippen LogP contribution in [0.4, 0.5) is 0 Å². The molecule has 1 aliphatic rings. The van der Waals surface area contributed by atoms with Crippen molar-refractivity contribution in [2.75, 3.05) is 13.6 Å². The van der Waals surface area contributed by atoms with Crippen LogP contribution in [0.25, 0.3) is 0 Å². The van der Waals surface area contributed by atoms with Gasteiger partial charge >= 0.3 is 5.97 Å². The van der Waals surface area contributed by atoms with Crippen LogP contribution in [-0.2, 0) is 9.59 Å². The van der Waals surface area contributed by atoms with Crippen molar-refractivity contribution in [1.82, 2.24) is 10.6 Å². The fraction of sp³-hybridized carbons (Fsp3) is 0.778. The van der Waals surface area contributed by atoms with Crippen LogP contribution in [0.3, 0.4) is 0 Å². The Bertz CT molecular complexity index is 230. The Balaban J connectivity index is 2.13. The molecule has 0 aromatic rings. The lowest BCUT2D eigenvalue weighted by Gasteiger charge is -2.34. The third-order valence-corrected chi connectivity index (χ3v) is 2.63. The van der Waals surface area contributed by atoms with Crippen molar-refractivity contribution >= 4 is 11.9 Å². The molecule has 3 N–H and O–H groups in total. The van der Waals surface area contributed by atoms with Gasteiger partial charge in [-0.05, 0) is 12.8 Å². The topological polar surface area (TPSA) is 78.4 Å². The average Bonchev–Trinajstić information content (AvgIpc) is 2.08. The molecule has 1 aliphatic carbocycles. The van der Waals surface area contributed by atoms with Crippen molar-refractivity contribution in [2.24, 2.45) is 5.92 Å². The number of carboxylic acids is 1. The smallest absolute Gasteiger partial charge is 0.308 e. The number of nitrogens with one attached hydrogen (secondary N) is 2. The minimum absolute atomic E-state index is 0.0244. The molecule has 0 radical (unpaired) electrons. The summed E-state index contributed by atoms with van der Waals surface area (Å²) in [6, 6.07) is 0.0529. The number of carboxylic acid groups (broad SMARTS) is 1. The van der Waals surface area contributed by atoms with E-state index >= 15 is 0 Å². The first-order valence-corrected chi connectivity index (χ1v) is 4.82. The highest BCUT2D eigenvalue weighted by atomic mass is 16.4. The maximum atomic E-state index is 10.8. The van der Waals surface area contributed by atoms with Gasteiger partial charge in [-0.15, -0.1) is 0 Å². The molecule has 0 spiro atoms. The van der Waals surface area contributed by atoms with Crippen LogP contribution in [0, 0.1) is 5.92 Å². The summed E-state index contributed by atoms with van der Waals surface area (Å²) in [5.41, 5.74) is 0. The third-order valence-electron chi connectivity index (χ3n) is 2.63. The highest BCUT2D eigenvalue weighted by molar-refractivity contribution is 5.75. The average molecular weight is 200 g/mol. The summed E-state index contributed by atoms with van der Waals surface area (Å²) in [5, 5.41) is 14.3. The van der Waals surface area contributed by atoms with E-state index in [-0.39, 0.29) is 17.9 Å².